The molecule has 1 N–H and O–H groups in total. The highest BCUT2D eigenvalue weighted by Crippen LogP contribution is 2.17. The summed E-state index contributed by atoms with van der Waals surface area (Å²) in [7, 11) is 2.83. The van der Waals surface area contributed by atoms with E-state index in [1.165, 1.54) is 7.11 Å². The summed E-state index contributed by atoms with van der Waals surface area (Å²) in [5.74, 6) is -0.197. The van der Waals surface area contributed by atoms with Crippen LogP contribution in [-0.4, -0.2) is 25.2 Å². The van der Waals surface area contributed by atoms with E-state index in [1.807, 2.05) is 38.1 Å². The molecule has 0 amide bonds. The van der Waals surface area contributed by atoms with Crippen molar-refractivity contribution in [3.63, 3.8) is 0 Å². The Kier molecular flexibility index (Phi) is 12.3. The Morgan fingerprint density at radius 3 is 2.32 bits per heavy atom. The summed E-state index contributed by atoms with van der Waals surface area (Å²) >= 11 is 6.44. The van der Waals surface area contributed by atoms with Crippen LogP contribution in [0.5, 0.6) is 5.75 Å². The van der Waals surface area contributed by atoms with Crippen LogP contribution in [-0.2, 0) is 11.3 Å². The summed E-state index contributed by atoms with van der Waals surface area (Å²) < 4.78 is 22.9. The third kappa shape index (κ3) is 7.66. The number of halogens is 1. The lowest BCUT2D eigenvalue weighted by molar-refractivity contribution is 0.0601. The molecule has 2 aromatic rings. The van der Waals surface area contributed by atoms with Crippen LogP contribution < -0.4 is 10.1 Å². The minimum atomic E-state index is -0.640. The molecular weight excluding hydrogens is 363 g/mol. The maximum Gasteiger partial charge on any atom is 0.341 e. The second-order valence-corrected chi connectivity index (χ2v) is 4.24. The number of thiol groups is 2. The quantitative estimate of drug-likeness (QED) is 0.404. The number of pyridine rings is 1. The number of nitrogens with zero attached hydrogens (tertiary/aromatic N) is 1. The van der Waals surface area contributed by atoms with Crippen LogP contribution in [0.3, 0.4) is 0 Å². The normalized spacial score (nSPS) is 8.92. The number of rotatable bonds is 5. The Balaban J connectivity index is 0.00000134. The van der Waals surface area contributed by atoms with E-state index in [4.69, 9.17) is 4.74 Å². The van der Waals surface area contributed by atoms with Crippen molar-refractivity contribution in [2.45, 2.75) is 20.4 Å². The number of hydrogen-bond acceptors (Lipinski definition) is 7. The predicted octanol–water partition coefficient (Wildman–Crippen LogP) is 4.42. The van der Waals surface area contributed by atoms with Crippen LogP contribution in [0.1, 0.15) is 29.8 Å². The number of aromatic nitrogens is 1. The lowest BCUT2D eigenvalue weighted by atomic mass is 10.2. The van der Waals surface area contributed by atoms with Crippen molar-refractivity contribution in [1.82, 2.24) is 4.98 Å². The molecule has 0 radical (unpaired) electrons. The third-order valence-electron chi connectivity index (χ3n) is 2.88. The molecule has 0 spiro atoms. The minimum Gasteiger partial charge on any atom is -0.497 e. The average Bonchev–Trinajstić information content (AvgIpc) is 2.69. The van der Waals surface area contributed by atoms with Crippen LogP contribution in [0.15, 0.2) is 36.5 Å². The topological polar surface area (TPSA) is 60.5 Å². The van der Waals surface area contributed by atoms with E-state index in [0.717, 1.165) is 23.6 Å². The first kappa shape index (κ1) is 23.1. The Bertz CT molecular complexity index is 640. The van der Waals surface area contributed by atoms with Gasteiger partial charge in [-0.25, -0.2) is 14.2 Å². The van der Waals surface area contributed by atoms with E-state index in [2.05, 4.69) is 38.4 Å². The second kappa shape index (κ2) is 13.4. The van der Waals surface area contributed by atoms with Gasteiger partial charge in [-0.1, -0.05) is 26.0 Å². The zero-order valence-corrected chi connectivity index (χ0v) is 16.4. The first-order valence-corrected chi connectivity index (χ1v) is 9.04. The van der Waals surface area contributed by atoms with E-state index >= 15 is 0 Å². The lowest BCUT2D eigenvalue weighted by Gasteiger charge is -2.10. The molecular formula is C17H23FN2O3S2. The molecule has 8 heteroatoms. The molecule has 0 saturated carbocycles. The molecule has 0 unspecified atom stereocenters. The predicted molar refractivity (Wildman–Crippen MR) is 105 cm³/mol. The van der Waals surface area contributed by atoms with Gasteiger partial charge in [0.1, 0.15) is 22.9 Å². The summed E-state index contributed by atoms with van der Waals surface area (Å²) in [6.07, 6.45) is 1.04. The van der Waals surface area contributed by atoms with E-state index in [-0.39, 0.29) is 11.4 Å². The Hall–Kier alpha value is -1.93. The van der Waals surface area contributed by atoms with Crippen molar-refractivity contribution < 1.29 is 18.7 Å². The fourth-order valence-corrected chi connectivity index (χ4v) is 1.77. The average molecular weight is 387 g/mol. The summed E-state index contributed by atoms with van der Waals surface area (Å²) in [4.78, 5) is 15.5. The SMILES string of the molecule is CC.COC(=O)c1cc(F)cnc1NCc1ccc(OC)cc1.SS. The molecule has 0 bridgehead atoms. The van der Waals surface area contributed by atoms with Crippen LogP contribution >= 0.6 is 23.3 Å². The van der Waals surface area contributed by atoms with Crippen LogP contribution in [0.2, 0.25) is 0 Å². The van der Waals surface area contributed by atoms with E-state index < -0.39 is 11.8 Å². The number of carbonyl (C=O) groups is 1. The second-order valence-electron chi connectivity index (χ2n) is 4.24. The Morgan fingerprint density at radius 2 is 1.80 bits per heavy atom. The first-order valence-electron chi connectivity index (χ1n) is 7.44. The van der Waals surface area contributed by atoms with E-state index in [9.17, 15) is 9.18 Å². The van der Waals surface area contributed by atoms with Gasteiger partial charge in [-0.2, -0.15) is 0 Å². The monoisotopic (exact) mass is 386 g/mol. The largest absolute Gasteiger partial charge is 0.497 e. The van der Waals surface area contributed by atoms with Crippen molar-refractivity contribution in [3.8, 4) is 5.75 Å². The number of hydrogen-bond donors (Lipinski definition) is 3. The van der Waals surface area contributed by atoms with Crippen LogP contribution in [0, 0.1) is 5.82 Å². The summed E-state index contributed by atoms with van der Waals surface area (Å²) in [6.45, 7) is 4.44. The molecule has 1 heterocycles. The molecule has 1 aromatic heterocycles. The fraction of sp³-hybridized carbons (Fsp3) is 0.294. The maximum absolute atomic E-state index is 13.2. The van der Waals surface area contributed by atoms with Crippen molar-refractivity contribution >= 4 is 35.1 Å². The molecule has 1 aromatic carbocycles. The zero-order valence-electron chi connectivity index (χ0n) is 14.6. The van der Waals surface area contributed by atoms with Crippen molar-refractivity contribution in [1.29, 1.82) is 0 Å². The van der Waals surface area contributed by atoms with Gasteiger partial charge < -0.3 is 14.8 Å². The molecule has 138 valence electrons. The zero-order chi connectivity index (χ0) is 19.2. The highest BCUT2D eigenvalue weighted by Gasteiger charge is 2.14. The van der Waals surface area contributed by atoms with Gasteiger partial charge in [0.05, 0.1) is 20.4 Å². The molecule has 0 aliphatic carbocycles. The molecule has 5 nitrogen and oxygen atoms in total. The molecule has 0 aliphatic heterocycles. The standard InChI is InChI=1S/C15H15FN2O3.C2H6.H2S2/c1-20-12-5-3-10(4-6-12)8-17-14-13(15(19)21-2)7-11(16)9-18-14;2*1-2/h3-7,9H,8H2,1-2H3,(H,17,18);1-2H3;1-2H. The van der Waals surface area contributed by atoms with Gasteiger partial charge in [0.15, 0.2) is 0 Å². The molecule has 0 aliphatic rings. The fourth-order valence-electron chi connectivity index (χ4n) is 1.77. The van der Waals surface area contributed by atoms with Crippen molar-refractivity contribution in [2.75, 3.05) is 19.5 Å². The van der Waals surface area contributed by atoms with E-state index in [1.54, 1.807) is 7.11 Å². The smallest absolute Gasteiger partial charge is 0.341 e. The van der Waals surface area contributed by atoms with Crippen LogP contribution in [0.25, 0.3) is 0 Å². The first-order chi connectivity index (χ1) is 12.1. The van der Waals surface area contributed by atoms with E-state index in [0.29, 0.717) is 6.54 Å². The highest BCUT2D eigenvalue weighted by atomic mass is 33.1. The Labute approximate surface area is 158 Å². The van der Waals surface area contributed by atoms with Gasteiger partial charge in [-0.05, 0) is 23.8 Å². The number of carbonyl (C=O) groups excluding carboxylic acids is 1. The number of benzene rings is 1. The third-order valence-corrected chi connectivity index (χ3v) is 2.88. The molecule has 2 rings (SSSR count). The van der Waals surface area contributed by atoms with Crippen molar-refractivity contribution in [3.05, 3.63) is 53.5 Å². The summed E-state index contributed by atoms with van der Waals surface area (Å²) in [6, 6.07) is 8.52. The maximum atomic E-state index is 13.2. The van der Waals surface area contributed by atoms with Gasteiger partial charge in [0.2, 0.25) is 0 Å². The summed E-state index contributed by atoms with van der Waals surface area (Å²) in [5.41, 5.74) is 1.03. The molecule has 0 saturated heterocycles. The number of anilines is 1. The number of ether oxygens (including phenoxy) is 2. The van der Waals surface area contributed by atoms with Gasteiger partial charge >= 0.3 is 5.97 Å². The molecule has 0 atom stereocenters. The number of esters is 1. The van der Waals surface area contributed by atoms with Gasteiger partial charge in [-0.3, -0.25) is 0 Å². The Morgan fingerprint density at radius 1 is 1.20 bits per heavy atom. The minimum absolute atomic E-state index is 0.0611. The number of methoxy groups -OCH3 is 2. The summed E-state index contributed by atoms with van der Waals surface area (Å²) in [5, 5.41) is 2.99. The molecule has 25 heavy (non-hydrogen) atoms. The van der Waals surface area contributed by atoms with Gasteiger partial charge in [0, 0.05) is 6.54 Å². The lowest BCUT2D eigenvalue weighted by Crippen LogP contribution is -2.10. The molecule has 0 fully saturated rings. The van der Waals surface area contributed by atoms with Gasteiger partial charge in [-0.15, -0.1) is 23.3 Å². The van der Waals surface area contributed by atoms with Crippen LogP contribution in [0.4, 0.5) is 10.2 Å². The van der Waals surface area contributed by atoms with Crippen molar-refractivity contribution in [2.24, 2.45) is 0 Å². The highest BCUT2D eigenvalue weighted by molar-refractivity contribution is 8.59. The number of nitrogens with one attached hydrogen (secondary N) is 1. The van der Waals surface area contributed by atoms with Gasteiger partial charge in [0.25, 0.3) is 0 Å².